The van der Waals surface area contributed by atoms with Crippen LogP contribution in [-0.4, -0.2) is 45.6 Å². The molecule has 5 rings (SSSR count). The Labute approximate surface area is 143 Å². The minimum absolute atomic E-state index is 0.193. The number of carbonyl (C=O) groups excluding carboxylic acids is 1. The largest absolute Gasteiger partial charge is 0.329 e. The number of rotatable bonds is 1. The summed E-state index contributed by atoms with van der Waals surface area (Å²) >= 11 is 0. The smallest absolute Gasteiger partial charge is 0.315 e. The molecule has 0 aliphatic carbocycles. The standard InChI is InChI=1S/C20H25N3O/c1-13-6-7-14-9-18-12-22(20(24)23(18)19(14)8-13)17-10-15-4-3-5-16(11-17)21(15)2/h6-9,15-17H,3-5,10-12H2,1-2H3. The Hall–Kier alpha value is -1.81. The molecule has 126 valence electrons. The Balaban J connectivity index is 1.47. The minimum Gasteiger partial charge on any atom is -0.315 e. The van der Waals surface area contributed by atoms with Crippen LogP contribution in [0.2, 0.25) is 0 Å². The number of fused-ring (bicyclic) bond motifs is 5. The average Bonchev–Trinajstić information content (AvgIpc) is 3.04. The van der Waals surface area contributed by atoms with E-state index in [4.69, 9.17) is 0 Å². The lowest BCUT2D eigenvalue weighted by Gasteiger charge is -2.48. The van der Waals surface area contributed by atoms with Crippen LogP contribution in [0.5, 0.6) is 0 Å². The fourth-order valence-corrected chi connectivity index (χ4v) is 5.21. The van der Waals surface area contributed by atoms with E-state index >= 15 is 0 Å². The number of nitrogens with zero attached hydrogens (tertiary/aromatic N) is 3. The van der Waals surface area contributed by atoms with E-state index in [2.05, 4.69) is 48.0 Å². The molecule has 2 bridgehead atoms. The van der Waals surface area contributed by atoms with Gasteiger partial charge in [-0.15, -0.1) is 0 Å². The maximum atomic E-state index is 13.2. The summed E-state index contributed by atoms with van der Waals surface area (Å²) in [5, 5.41) is 1.18. The van der Waals surface area contributed by atoms with Crippen molar-refractivity contribution in [3.63, 3.8) is 0 Å². The predicted molar refractivity (Wildman–Crippen MR) is 95.2 cm³/mol. The number of aryl methyl sites for hydroxylation is 1. The fourth-order valence-electron chi connectivity index (χ4n) is 5.21. The van der Waals surface area contributed by atoms with Crippen molar-refractivity contribution in [3.8, 4) is 0 Å². The van der Waals surface area contributed by atoms with E-state index in [1.54, 1.807) is 0 Å². The van der Waals surface area contributed by atoms with Gasteiger partial charge in [0, 0.05) is 29.2 Å². The van der Waals surface area contributed by atoms with Crippen molar-refractivity contribution in [3.05, 3.63) is 35.5 Å². The first kappa shape index (κ1) is 14.5. The monoisotopic (exact) mass is 323 g/mol. The molecule has 2 aromatic rings. The van der Waals surface area contributed by atoms with E-state index < -0.39 is 0 Å². The molecule has 0 radical (unpaired) electrons. The molecular formula is C20H25N3O. The molecule has 1 aromatic carbocycles. The normalized spacial score (nSPS) is 30.2. The third-order valence-electron chi connectivity index (χ3n) is 6.56. The van der Waals surface area contributed by atoms with Crippen molar-refractivity contribution in [2.75, 3.05) is 7.05 Å². The van der Waals surface area contributed by atoms with Crippen LogP contribution in [0, 0.1) is 6.92 Å². The quantitative estimate of drug-likeness (QED) is 0.799. The molecule has 3 aliphatic heterocycles. The number of piperidine rings is 2. The molecule has 4 nitrogen and oxygen atoms in total. The lowest BCUT2D eigenvalue weighted by atomic mass is 9.82. The number of hydrogen-bond acceptors (Lipinski definition) is 2. The molecule has 2 saturated heterocycles. The molecule has 2 unspecified atom stereocenters. The Morgan fingerprint density at radius 3 is 2.54 bits per heavy atom. The topological polar surface area (TPSA) is 28.5 Å². The van der Waals surface area contributed by atoms with Gasteiger partial charge in [0.05, 0.1) is 12.1 Å². The van der Waals surface area contributed by atoms with Gasteiger partial charge in [-0.05, 0) is 57.4 Å². The Kier molecular flexibility index (Phi) is 3.08. The van der Waals surface area contributed by atoms with E-state index in [-0.39, 0.29) is 6.03 Å². The summed E-state index contributed by atoms with van der Waals surface area (Å²) in [6.45, 7) is 2.87. The van der Waals surface area contributed by atoms with Crippen molar-refractivity contribution in [2.45, 2.75) is 63.7 Å². The van der Waals surface area contributed by atoms with Crippen LogP contribution in [0.3, 0.4) is 0 Å². The molecule has 1 amide bonds. The van der Waals surface area contributed by atoms with Gasteiger partial charge in [-0.2, -0.15) is 0 Å². The first-order valence-electron chi connectivity index (χ1n) is 9.26. The number of aromatic nitrogens is 1. The zero-order valence-electron chi connectivity index (χ0n) is 14.5. The van der Waals surface area contributed by atoms with E-state index in [1.165, 1.54) is 30.2 Å². The highest BCUT2D eigenvalue weighted by atomic mass is 16.2. The second kappa shape index (κ2) is 5.09. The summed E-state index contributed by atoms with van der Waals surface area (Å²) in [6, 6.07) is 10.5. The van der Waals surface area contributed by atoms with Crippen LogP contribution in [0.25, 0.3) is 10.9 Å². The van der Waals surface area contributed by atoms with Gasteiger partial charge in [0.15, 0.2) is 0 Å². The second-order valence-corrected chi connectivity index (χ2v) is 7.97. The van der Waals surface area contributed by atoms with Gasteiger partial charge in [0.2, 0.25) is 0 Å². The molecule has 2 atom stereocenters. The van der Waals surface area contributed by atoms with Crippen molar-refractivity contribution in [1.29, 1.82) is 0 Å². The Morgan fingerprint density at radius 1 is 1.04 bits per heavy atom. The lowest BCUT2D eigenvalue weighted by Crippen LogP contribution is -2.55. The van der Waals surface area contributed by atoms with Crippen LogP contribution in [0.4, 0.5) is 4.79 Å². The van der Waals surface area contributed by atoms with Gasteiger partial charge in [-0.1, -0.05) is 18.6 Å². The SMILES string of the molecule is Cc1ccc2cc3n(c2c1)C(=O)N(C1CC2CCCC(C1)N2C)C3. The Bertz CT molecular complexity index is 810. The van der Waals surface area contributed by atoms with Gasteiger partial charge in [0.25, 0.3) is 0 Å². The van der Waals surface area contributed by atoms with Crippen LogP contribution in [0.15, 0.2) is 24.3 Å². The zero-order chi connectivity index (χ0) is 16.4. The molecule has 4 heteroatoms. The van der Waals surface area contributed by atoms with Crippen molar-refractivity contribution in [2.24, 2.45) is 0 Å². The van der Waals surface area contributed by atoms with Gasteiger partial charge in [-0.25, -0.2) is 4.79 Å². The first-order chi connectivity index (χ1) is 11.6. The summed E-state index contributed by atoms with van der Waals surface area (Å²) in [5.74, 6) is 0. The van der Waals surface area contributed by atoms with Crippen molar-refractivity contribution in [1.82, 2.24) is 14.4 Å². The highest BCUT2D eigenvalue weighted by Gasteiger charge is 2.42. The fraction of sp³-hybridized carbons (Fsp3) is 0.550. The molecule has 24 heavy (non-hydrogen) atoms. The second-order valence-electron chi connectivity index (χ2n) is 7.97. The first-order valence-corrected chi connectivity index (χ1v) is 9.26. The van der Waals surface area contributed by atoms with E-state index in [1.807, 2.05) is 4.57 Å². The number of carbonyl (C=O) groups is 1. The van der Waals surface area contributed by atoms with Gasteiger partial charge >= 0.3 is 6.03 Å². The highest BCUT2D eigenvalue weighted by molar-refractivity contribution is 5.95. The lowest BCUT2D eigenvalue weighted by molar-refractivity contribution is 0.0214. The van der Waals surface area contributed by atoms with Gasteiger partial charge in [-0.3, -0.25) is 4.57 Å². The third-order valence-corrected chi connectivity index (χ3v) is 6.56. The molecule has 3 aliphatic rings. The molecule has 4 heterocycles. The van der Waals surface area contributed by atoms with E-state index in [0.717, 1.165) is 30.6 Å². The summed E-state index contributed by atoms with van der Waals surface area (Å²) in [7, 11) is 2.27. The maximum Gasteiger partial charge on any atom is 0.329 e. The molecule has 0 N–H and O–H groups in total. The number of hydrogen-bond donors (Lipinski definition) is 0. The highest BCUT2D eigenvalue weighted by Crippen LogP contribution is 2.37. The summed E-state index contributed by atoms with van der Waals surface area (Å²) in [5.41, 5.74) is 3.44. The molecule has 0 saturated carbocycles. The average molecular weight is 323 g/mol. The number of amides is 1. The van der Waals surface area contributed by atoms with Gasteiger partial charge in [0.1, 0.15) is 0 Å². The van der Waals surface area contributed by atoms with E-state index in [9.17, 15) is 4.79 Å². The molecule has 1 aromatic heterocycles. The van der Waals surface area contributed by atoms with Gasteiger partial charge < -0.3 is 9.80 Å². The summed E-state index contributed by atoms with van der Waals surface area (Å²) in [6.07, 6.45) is 6.21. The van der Waals surface area contributed by atoms with Crippen molar-refractivity contribution >= 4 is 16.9 Å². The molecular weight excluding hydrogens is 298 g/mol. The van der Waals surface area contributed by atoms with Crippen LogP contribution in [-0.2, 0) is 6.54 Å². The van der Waals surface area contributed by atoms with Crippen molar-refractivity contribution < 1.29 is 4.79 Å². The predicted octanol–water partition coefficient (Wildman–Crippen LogP) is 3.75. The zero-order valence-corrected chi connectivity index (χ0v) is 14.5. The minimum atomic E-state index is 0.193. The third kappa shape index (κ3) is 1.99. The maximum absolute atomic E-state index is 13.2. The summed E-state index contributed by atoms with van der Waals surface area (Å²) in [4.78, 5) is 17.9. The Morgan fingerprint density at radius 2 is 1.79 bits per heavy atom. The summed E-state index contributed by atoms with van der Waals surface area (Å²) < 4.78 is 1.95. The van der Waals surface area contributed by atoms with Crippen LogP contribution >= 0.6 is 0 Å². The van der Waals surface area contributed by atoms with Crippen LogP contribution in [0.1, 0.15) is 43.4 Å². The van der Waals surface area contributed by atoms with E-state index in [0.29, 0.717) is 18.1 Å². The number of benzene rings is 1. The molecule has 0 spiro atoms. The van der Waals surface area contributed by atoms with Crippen LogP contribution < -0.4 is 0 Å². The molecule has 2 fully saturated rings.